The van der Waals surface area contributed by atoms with Crippen molar-refractivity contribution in [1.82, 2.24) is 0 Å². The van der Waals surface area contributed by atoms with Gasteiger partial charge in [0.2, 0.25) is 0 Å². The lowest BCUT2D eigenvalue weighted by molar-refractivity contribution is 0.314. The molecule has 0 fully saturated rings. The standard InChI is InChI=1S/C17H17F2NO/c1-11-4-2-5-15-16(6-3-7-21-17(11)15)20-14-9-12(18)8-13(19)10-14/h2,4-5,8-10,16,20H,3,6-7H2,1H3. The predicted molar refractivity (Wildman–Crippen MR) is 78.6 cm³/mol. The summed E-state index contributed by atoms with van der Waals surface area (Å²) in [7, 11) is 0. The van der Waals surface area contributed by atoms with Crippen LogP contribution in [0.5, 0.6) is 5.75 Å². The normalized spacial score (nSPS) is 17.6. The first kappa shape index (κ1) is 13.9. The van der Waals surface area contributed by atoms with Crippen LogP contribution >= 0.6 is 0 Å². The van der Waals surface area contributed by atoms with Gasteiger partial charge in [-0.05, 0) is 37.5 Å². The zero-order valence-corrected chi connectivity index (χ0v) is 11.8. The molecule has 0 aliphatic carbocycles. The smallest absolute Gasteiger partial charge is 0.128 e. The summed E-state index contributed by atoms with van der Waals surface area (Å²) in [6.45, 7) is 2.66. The van der Waals surface area contributed by atoms with Gasteiger partial charge in [-0.1, -0.05) is 18.2 Å². The van der Waals surface area contributed by atoms with Gasteiger partial charge in [-0.25, -0.2) is 8.78 Å². The molecule has 1 atom stereocenters. The van der Waals surface area contributed by atoms with E-state index in [2.05, 4.69) is 5.32 Å². The zero-order valence-electron chi connectivity index (χ0n) is 11.8. The van der Waals surface area contributed by atoms with Crippen molar-refractivity contribution in [3.8, 4) is 5.75 Å². The molecule has 3 rings (SSSR count). The van der Waals surface area contributed by atoms with Gasteiger partial charge < -0.3 is 10.1 Å². The van der Waals surface area contributed by atoms with Crippen LogP contribution in [0, 0.1) is 18.6 Å². The van der Waals surface area contributed by atoms with Crippen molar-refractivity contribution in [2.45, 2.75) is 25.8 Å². The second-order valence-corrected chi connectivity index (χ2v) is 5.34. The Morgan fingerprint density at radius 2 is 1.90 bits per heavy atom. The van der Waals surface area contributed by atoms with Gasteiger partial charge in [0.25, 0.3) is 0 Å². The fraction of sp³-hybridized carbons (Fsp3) is 0.294. The number of hydrogen-bond donors (Lipinski definition) is 1. The lowest BCUT2D eigenvalue weighted by atomic mass is 9.99. The maximum Gasteiger partial charge on any atom is 0.128 e. The molecule has 110 valence electrons. The summed E-state index contributed by atoms with van der Waals surface area (Å²) in [5, 5.41) is 3.23. The molecule has 1 aliphatic heterocycles. The second-order valence-electron chi connectivity index (χ2n) is 5.34. The zero-order chi connectivity index (χ0) is 14.8. The van der Waals surface area contributed by atoms with Crippen LogP contribution in [0.25, 0.3) is 0 Å². The van der Waals surface area contributed by atoms with E-state index in [1.165, 1.54) is 12.1 Å². The summed E-state index contributed by atoms with van der Waals surface area (Å²) in [6, 6.07) is 9.46. The van der Waals surface area contributed by atoms with E-state index in [1.807, 2.05) is 25.1 Å². The molecule has 1 N–H and O–H groups in total. The maximum atomic E-state index is 13.3. The summed E-state index contributed by atoms with van der Waals surface area (Å²) in [5.41, 5.74) is 2.57. The molecule has 0 saturated heterocycles. The van der Waals surface area contributed by atoms with E-state index >= 15 is 0 Å². The Hall–Kier alpha value is -2.10. The number of ether oxygens (including phenoxy) is 1. The van der Waals surface area contributed by atoms with Gasteiger partial charge >= 0.3 is 0 Å². The molecule has 0 radical (unpaired) electrons. The van der Waals surface area contributed by atoms with Crippen LogP contribution < -0.4 is 10.1 Å². The minimum absolute atomic E-state index is 0.0106. The minimum Gasteiger partial charge on any atom is -0.493 e. The van der Waals surface area contributed by atoms with Gasteiger partial charge in [-0.15, -0.1) is 0 Å². The van der Waals surface area contributed by atoms with Crippen LogP contribution in [0.3, 0.4) is 0 Å². The summed E-state index contributed by atoms with van der Waals surface area (Å²) < 4.78 is 32.4. The molecule has 2 nitrogen and oxygen atoms in total. The lowest BCUT2D eigenvalue weighted by Gasteiger charge is -2.20. The van der Waals surface area contributed by atoms with E-state index in [9.17, 15) is 8.78 Å². The monoisotopic (exact) mass is 289 g/mol. The van der Waals surface area contributed by atoms with Gasteiger partial charge in [0.15, 0.2) is 0 Å². The number of hydrogen-bond acceptors (Lipinski definition) is 2. The number of rotatable bonds is 2. The van der Waals surface area contributed by atoms with E-state index in [0.717, 1.165) is 35.8 Å². The molecule has 0 bridgehead atoms. The molecule has 2 aromatic carbocycles. The summed E-state index contributed by atoms with van der Waals surface area (Å²) in [4.78, 5) is 0. The second kappa shape index (κ2) is 5.72. The predicted octanol–water partition coefficient (Wildman–Crippen LogP) is 4.60. The van der Waals surface area contributed by atoms with E-state index in [1.54, 1.807) is 0 Å². The highest BCUT2D eigenvalue weighted by Crippen LogP contribution is 2.36. The number of benzene rings is 2. The van der Waals surface area contributed by atoms with Crippen molar-refractivity contribution in [2.75, 3.05) is 11.9 Å². The summed E-state index contributed by atoms with van der Waals surface area (Å²) >= 11 is 0. The van der Waals surface area contributed by atoms with E-state index < -0.39 is 11.6 Å². The molecule has 1 unspecified atom stereocenters. The molecule has 4 heteroatoms. The maximum absolute atomic E-state index is 13.3. The number of nitrogens with one attached hydrogen (secondary N) is 1. The Labute approximate surface area is 122 Å². The Morgan fingerprint density at radius 1 is 1.14 bits per heavy atom. The number of fused-ring (bicyclic) bond motifs is 1. The van der Waals surface area contributed by atoms with Gasteiger partial charge in [0, 0.05) is 17.3 Å². The van der Waals surface area contributed by atoms with Crippen LogP contribution in [0.15, 0.2) is 36.4 Å². The van der Waals surface area contributed by atoms with Crippen molar-refractivity contribution in [2.24, 2.45) is 0 Å². The third-order valence-corrected chi connectivity index (χ3v) is 3.70. The fourth-order valence-corrected chi connectivity index (χ4v) is 2.75. The summed E-state index contributed by atoms with van der Waals surface area (Å²) in [5.74, 6) is -0.275. The molecule has 0 amide bonds. The van der Waals surface area contributed by atoms with Crippen molar-refractivity contribution in [1.29, 1.82) is 0 Å². The minimum atomic E-state index is -0.577. The van der Waals surface area contributed by atoms with Gasteiger partial charge in [-0.2, -0.15) is 0 Å². The molecule has 21 heavy (non-hydrogen) atoms. The van der Waals surface area contributed by atoms with Crippen molar-refractivity contribution >= 4 is 5.69 Å². The van der Waals surface area contributed by atoms with Gasteiger partial charge in [0.1, 0.15) is 17.4 Å². The molecule has 1 heterocycles. The van der Waals surface area contributed by atoms with Crippen LogP contribution in [0.1, 0.15) is 30.0 Å². The lowest BCUT2D eigenvalue weighted by Crippen LogP contribution is -2.10. The van der Waals surface area contributed by atoms with Crippen LogP contribution in [-0.2, 0) is 0 Å². The molecule has 0 aromatic heterocycles. The summed E-state index contributed by atoms with van der Waals surface area (Å²) in [6.07, 6.45) is 1.75. The van der Waals surface area contributed by atoms with Crippen LogP contribution in [-0.4, -0.2) is 6.61 Å². The number of para-hydroxylation sites is 1. The fourth-order valence-electron chi connectivity index (χ4n) is 2.75. The highest BCUT2D eigenvalue weighted by atomic mass is 19.1. The molecule has 0 spiro atoms. The molecular formula is C17H17F2NO. The third kappa shape index (κ3) is 2.99. The highest BCUT2D eigenvalue weighted by molar-refractivity contribution is 5.50. The van der Waals surface area contributed by atoms with E-state index in [-0.39, 0.29) is 6.04 Å². The molecular weight excluding hydrogens is 272 g/mol. The average molecular weight is 289 g/mol. The Kier molecular flexibility index (Phi) is 3.78. The van der Waals surface area contributed by atoms with Crippen LogP contribution in [0.4, 0.5) is 14.5 Å². The number of anilines is 1. The van der Waals surface area contributed by atoms with Crippen LogP contribution in [0.2, 0.25) is 0 Å². The molecule has 2 aromatic rings. The van der Waals surface area contributed by atoms with Crippen molar-refractivity contribution < 1.29 is 13.5 Å². The average Bonchev–Trinajstić information content (AvgIpc) is 2.62. The quantitative estimate of drug-likeness (QED) is 0.872. The molecule has 1 aliphatic rings. The first-order chi connectivity index (χ1) is 10.1. The van der Waals surface area contributed by atoms with Crippen molar-refractivity contribution in [3.63, 3.8) is 0 Å². The number of halogens is 2. The van der Waals surface area contributed by atoms with Gasteiger partial charge in [-0.3, -0.25) is 0 Å². The van der Waals surface area contributed by atoms with Gasteiger partial charge in [0.05, 0.1) is 12.6 Å². The number of aryl methyl sites for hydroxylation is 1. The third-order valence-electron chi connectivity index (χ3n) is 3.70. The van der Waals surface area contributed by atoms with E-state index in [4.69, 9.17) is 4.74 Å². The Balaban J connectivity index is 1.94. The Bertz CT molecular complexity index is 637. The molecule has 0 saturated carbocycles. The first-order valence-electron chi connectivity index (χ1n) is 7.08. The largest absolute Gasteiger partial charge is 0.493 e. The first-order valence-corrected chi connectivity index (χ1v) is 7.08. The topological polar surface area (TPSA) is 21.3 Å². The SMILES string of the molecule is Cc1cccc2c1OCCCC2Nc1cc(F)cc(F)c1. The van der Waals surface area contributed by atoms with Crippen molar-refractivity contribution in [3.05, 3.63) is 59.2 Å². The highest BCUT2D eigenvalue weighted by Gasteiger charge is 2.21. The van der Waals surface area contributed by atoms with E-state index in [0.29, 0.717) is 12.3 Å². The Morgan fingerprint density at radius 3 is 2.67 bits per heavy atom.